The van der Waals surface area contributed by atoms with Crippen LogP contribution >= 0.6 is 11.3 Å². The zero-order valence-electron chi connectivity index (χ0n) is 15.2. The summed E-state index contributed by atoms with van der Waals surface area (Å²) in [6.07, 6.45) is 3.32. The fraction of sp³-hybridized carbons (Fsp3) is 0.476. The maximum atomic E-state index is 13.4. The first-order valence-corrected chi connectivity index (χ1v) is 10.2. The number of hydrogen-bond acceptors (Lipinski definition) is 4. The van der Waals surface area contributed by atoms with Gasteiger partial charge in [-0.15, -0.1) is 11.3 Å². The van der Waals surface area contributed by atoms with Crippen LogP contribution in [0.1, 0.15) is 29.7 Å². The van der Waals surface area contributed by atoms with Gasteiger partial charge in [-0.3, -0.25) is 4.79 Å². The van der Waals surface area contributed by atoms with Crippen LogP contribution in [-0.2, 0) is 17.9 Å². The number of rotatable bonds is 6. The van der Waals surface area contributed by atoms with Crippen LogP contribution in [0.25, 0.3) is 0 Å². The number of nitrogens with one attached hydrogen (secondary N) is 1. The first kappa shape index (κ1) is 17.6. The maximum Gasteiger partial charge on any atom is 0.226 e. The first-order chi connectivity index (χ1) is 12.7. The van der Waals surface area contributed by atoms with Crippen molar-refractivity contribution in [3.05, 3.63) is 52.2 Å². The lowest BCUT2D eigenvalue weighted by Gasteiger charge is -2.27. The fourth-order valence-electron chi connectivity index (χ4n) is 4.24. The number of hydrogen-bond donors (Lipinski definition) is 1. The van der Waals surface area contributed by atoms with Crippen molar-refractivity contribution >= 4 is 17.2 Å². The molecule has 1 amide bonds. The predicted molar refractivity (Wildman–Crippen MR) is 104 cm³/mol. The van der Waals surface area contributed by atoms with Gasteiger partial charge in [0.15, 0.2) is 0 Å². The number of para-hydroxylation sites is 1. The molecule has 1 saturated carbocycles. The highest BCUT2D eigenvalue weighted by molar-refractivity contribution is 7.09. The number of methoxy groups -OCH3 is 1. The van der Waals surface area contributed by atoms with Gasteiger partial charge < -0.3 is 15.0 Å². The lowest BCUT2D eigenvalue weighted by Crippen LogP contribution is -2.36. The summed E-state index contributed by atoms with van der Waals surface area (Å²) in [6.45, 7) is 3.37. The molecule has 1 spiro atoms. The van der Waals surface area contributed by atoms with Crippen LogP contribution in [0, 0.1) is 11.3 Å². The largest absolute Gasteiger partial charge is 0.496 e. The van der Waals surface area contributed by atoms with Gasteiger partial charge in [0.25, 0.3) is 0 Å². The van der Waals surface area contributed by atoms with Gasteiger partial charge in [-0.05, 0) is 55.3 Å². The number of carbonyl (C=O) groups is 1. The van der Waals surface area contributed by atoms with Gasteiger partial charge >= 0.3 is 0 Å². The van der Waals surface area contributed by atoms with Gasteiger partial charge in [0.2, 0.25) is 5.91 Å². The minimum absolute atomic E-state index is 0.194. The molecule has 1 aromatic carbocycles. The van der Waals surface area contributed by atoms with Crippen LogP contribution in [-0.4, -0.2) is 31.0 Å². The van der Waals surface area contributed by atoms with Crippen molar-refractivity contribution in [1.82, 2.24) is 10.2 Å². The normalized spacial score (nSPS) is 20.7. The average Bonchev–Trinajstić information content (AvgIpc) is 3.11. The van der Waals surface area contributed by atoms with Crippen molar-refractivity contribution in [2.45, 2.75) is 32.4 Å². The molecule has 1 aliphatic carbocycles. The van der Waals surface area contributed by atoms with E-state index >= 15 is 0 Å². The van der Waals surface area contributed by atoms with Gasteiger partial charge in [-0.1, -0.05) is 24.3 Å². The molecule has 2 aromatic rings. The molecule has 1 N–H and O–H groups in total. The molecule has 26 heavy (non-hydrogen) atoms. The summed E-state index contributed by atoms with van der Waals surface area (Å²) < 4.78 is 5.50. The van der Waals surface area contributed by atoms with Gasteiger partial charge in [0.05, 0.1) is 13.7 Å². The topological polar surface area (TPSA) is 41.6 Å². The average molecular weight is 371 g/mol. The number of ether oxygens (including phenoxy) is 1. The number of carbonyl (C=O) groups excluding carboxylic acids is 1. The molecule has 1 aliphatic heterocycles. The molecule has 4 nitrogen and oxygen atoms in total. The molecule has 2 aliphatic rings. The summed E-state index contributed by atoms with van der Waals surface area (Å²) in [6, 6.07) is 12.2. The molecular formula is C21H26N2O2S. The van der Waals surface area contributed by atoms with E-state index in [-0.39, 0.29) is 11.3 Å². The van der Waals surface area contributed by atoms with Crippen molar-refractivity contribution in [2.24, 2.45) is 11.3 Å². The second-order valence-corrected chi connectivity index (χ2v) is 8.49. The minimum Gasteiger partial charge on any atom is -0.496 e. The lowest BCUT2D eigenvalue weighted by molar-refractivity contribution is -0.134. The van der Waals surface area contributed by atoms with E-state index in [9.17, 15) is 4.79 Å². The minimum atomic E-state index is 0.194. The van der Waals surface area contributed by atoms with Gasteiger partial charge in [-0.25, -0.2) is 0 Å². The van der Waals surface area contributed by atoms with Crippen LogP contribution in [0.4, 0.5) is 0 Å². The molecule has 1 saturated heterocycles. The van der Waals surface area contributed by atoms with Crippen molar-refractivity contribution < 1.29 is 9.53 Å². The molecule has 2 fully saturated rings. The third-order valence-electron chi connectivity index (χ3n) is 5.88. The van der Waals surface area contributed by atoms with Crippen LogP contribution in [0.5, 0.6) is 5.75 Å². The maximum absolute atomic E-state index is 13.4. The number of nitrogens with zero attached hydrogens (tertiary/aromatic N) is 1. The molecular weight excluding hydrogens is 344 g/mol. The third kappa shape index (κ3) is 3.51. The number of piperidine rings is 1. The van der Waals surface area contributed by atoms with Gasteiger partial charge in [0.1, 0.15) is 5.75 Å². The van der Waals surface area contributed by atoms with Crippen LogP contribution < -0.4 is 10.1 Å². The highest BCUT2D eigenvalue weighted by Gasteiger charge is 2.58. The van der Waals surface area contributed by atoms with Crippen molar-refractivity contribution in [2.75, 3.05) is 20.2 Å². The van der Waals surface area contributed by atoms with Crippen LogP contribution in [0.2, 0.25) is 0 Å². The molecule has 0 bridgehead atoms. The van der Waals surface area contributed by atoms with Crippen LogP contribution in [0.15, 0.2) is 41.8 Å². The summed E-state index contributed by atoms with van der Waals surface area (Å²) in [5.41, 5.74) is 1.33. The molecule has 1 aromatic heterocycles. The van der Waals surface area contributed by atoms with E-state index in [0.29, 0.717) is 19.0 Å². The van der Waals surface area contributed by atoms with Crippen molar-refractivity contribution in [3.63, 3.8) is 0 Å². The monoisotopic (exact) mass is 370 g/mol. The first-order valence-electron chi connectivity index (χ1n) is 9.36. The Bertz CT molecular complexity index is 753. The molecule has 1 unspecified atom stereocenters. The van der Waals surface area contributed by atoms with E-state index in [2.05, 4.69) is 28.9 Å². The van der Waals surface area contributed by atoms with Gasteiger partial charge in [-0.2, -0.15) is 0 Å². The quantitative estimate of drug-likeness (QED) is 0.843. The molecule has 4 rings (SSSR count). The van der Waals surface area contributed by atoms with Crippen molar-refractivity contribution in [1.29, 1.82) is 0 Å². The Morgan fingerprint density at radius 2 is 2.04 bits per heavy atom. The van der Waals surface area contributed by atoms with E-state index in [1.165, 1.54) is 4.88 Å². The van der Waals surface area contributed by atoms with Gasteiger partial charge in [0, 0.05) is 22.9 Å². The third-order valence-corrected chi connectivity index (χ3v) is 6.74. The SMILES string of the molecule is COc1ccccc1CN(Cc1cccs1)C(=O)C1CC12CCNCC2. The summed E-state index contributed by atoms with van der Waals surface area (Å²) in [7, 11) is 1.69. The zero-order chi connectivity index (χ0) is 18.0. The summed E-state index contributed by atoms with van der Waals surface area (Å²) in [4.78, 5) is 16.6. The number of amides is 1. The Labute approximate surface area is 159 Å². The van der Waals surface area contributed by atoms with Crippen LogP contribution in [0.3, 0.4) is 0 Å². The van der Waals surface area contributed by atoms with E-state index in [1.54, 1.807) is 18.4 Å². The molecule has 2 heterocycles. The highest BCUT2D eigenvalue weighted by atomic mass is 32.1. The molecule has 5 heteroatoms. The van der Waals surface area contributed by atoms with E-state index in [1.807, 2.05) is 23.1 Å². The summed E-state index contributed by atoms with van der Waals surface area (Å²) >= 11 is 1.71. The summed E-state index contributed by atoms with van der Waals surface area (Å²) in [5.74, 6) is 1.36. The van der Waals surface area contributed by atoms with E-state index < -0.39 is 0 Å². The van der Waals surface area contributed by atoms with E-state index in [4.69, 9.17) is 4.74 Å². The smallest absolute Gasteiger partial charge is 0.226 e. The Kier molecular flexibility index (Phi) is 5.00. The number of benzene rings is 1. The second-order valence-electron chi connectivity index (χ2n) is 7.45. The Hall–Kier alpha value is -1.85. The predicted octanol–water partition coefficient (Wildman–Crippen LogP) is 3.68. The highest BCUT2D eigenvalue weighted by Crippen LogP contribution is 2.59. The molecule has 0 radical (unpaired) electrons. The van der Waals surface area contributed by atoms with E-state index in [0.717, 1.165) is 43.7 Å². The molecule has 1 atom stereocenters. The second kappa shape index (κ2) is 7.41. The Morgan fingerprint density at radius 1 is 1.23 bits per heavy atom. The standard InChI is InChI=1S/C21H26N2O2S/c1-25-19-7-3-2-5-16(19)14-23(15-17-6-4-12-26-17)20(24)18-13-21(18)8-10-22-11-9-21/h2-7,12,18,22H,8-11,13-15H2,1H3. The van der Waals surface area contributed by atoms with Crippen molar-refractivity contribution in [3.8, 4) is 5.75 Å². The fourth-order valence-corrected chi connectivity index (χ4v) is 4.96. The Balaban J connectivity index is 1.54. The molecule has 138 valence electrons. The lowest BCUT2D eigenvalue weighted by atomic mass is 9.91. The summed E-state index contributed by atoms with van der Waals surface area (Å²) in [5, 5.41) is 5.50. The Morgan fingerprint density at radius 3 is 2.77 bits per heavy atom. The zero-order valence-corrected chi connectivity index (χ0v) is 16.1. The number of thiophene rings is 1.